The minimum atomic E-state index is -0.493. The van der Waals surface area contributed by atoms with Crippen LogP contribution in [0.4, 0.5) is 0 Å². The fraction of sp³-hybridized carbons (Fsp3) is 0.286. The van der Waals surface area contributed by atoms with Crippen molar-refractivity contribution in [3.8, 4) is 17.2 Å². The summed E-state index contributed by atoms with van der Waals surface area (Å²) in [6.45, 7) is 0. The molecule has 1 aliphatic rings. The van der Waals surface area contributed by atoms with Gasteiger partial charge in [-0.2, -0.15) is 0 Å². The summed E-state index contributed by atoms with van der Waals surface area (Å²) in [6.07, 6.45) is 0.523. The molecule has 0 fully saturated rings. The number of hydrogen-bond acceptors (Lipinski definition) is 6. The van der Waals surface area contributed by atoms with Gasteiger partial charge >= 0.3 is 5.97 Å². The van der Waals surface area contributed by atoms with Crippen LogP contribution in [0.25, 0.3) is 10.9 Å². The van der Waals surface area contributed by atoms with E-state index in [2.05, 4.69) is 10.3 Å². The standard InChI is InChI=1S/C21H22N2O5/c1-26-16-8-11(9-17(27-2)20(16)24)18-19-13(10-15(23-18)21(25)28-3)12-6-4-5-7-14(12)22-19/h4-9,15,18,22-24H,10H2,1-3H3/t15-,18+/m0/s1. The van der Waals surface area contributed by atoms with Crippen molar-refractivity contribution >= 4 is 16.9 Å². The predicted molar refractivity (Wildman–Crippen MR) is 104 cm³/mol. The molecule has 2 aromatic carbocycles. The Labute approximate surface area is 162 Å². The van der Waals surface area contributed by atoms with E-state index in [1.54, 1.807) is 12.1 Å². The van der Waals surface area contributed by atoms with Crippen LogP contribution in [0, 0.1) is 0 Å². The van der Waals surface area contributed by atoms with E-state index in [9.17, 15) is 9.90 Å². The summed E-state index contributed by atoms with van der Waals surface area (Å²) in [5, 5.41) is 14.7. The Balaban J connectivity index is 1.90. The maximum Gasteiger partial charge on any atom is 0.323 e. The Hall–Kier alpha value is -3.19. The van der Waals surface area contributed by atoms with Crippen LogP contribution in [0.15, 0.2) is 36.4 Å². The summed E-state index contributed by atoms with van der Waals surface area (Å²) in [5.41, 5.74) is 3.84. The quantitative estimate of drug-likeness (QED) is 0.601. The molecule has 0 unspecified atom stereocenters. The van der Waals surface area contributed by atoms with Gasteiger partial charge in [-0.15, -0.1) is 0 Å². The van der Waals surface area contributed by atoms with E-state index in [1.165, 1.54) is 21.3 Å². The number of phenols is 1. The Kier molecular flexibility index (Phi) is 4.60. The third-order valence-corrected chi connectivity index (χ3v) is 5.23. The van der Waals surface area contributed by atoms with Crippen molar-refractivity contribution in [3.63, 3.8) is 0 Å². The van der Waals surface area contributed by atoms with Crippen molar-refractivity contribution in [2.24, 2.45) is 0 Å². The minimum Gasteiger partial charge on any atom is -0.502 e. The lowest BCUT2D eigenvalue weighted by atomic mass is 9.90. The lowest BCUT2D eigenvalue weighted by Gasteiger charge is -2.30. The number of esters is 1. The molecule has 0 radical (unpaired) electrons. The third kappa shape index (κ3) is 2.84. The number of methoxy groups -OCH3 is 3. The fourth-order valence-electron chi connectivity index (χ4n) is 3.87. The van der Waals surface area contributed by atoms with Crippen molar-refractivity contribution in [1.29, 1.82) is 0 Å². The van der Waals surface area contributed by atoms with Crippen LogP contribution in [0.3, 0.4) is 0 Å². The van der Waals surface area contributed by atoms with Crippen molar-refractivity contribution in [3.05, 3.63) is 53.2 Å². The van der Waals surface area contributed by atoms with Crippen LogP contribution >= 0.6 is 0 Å². The predicted octanol–water partition coefficient (Wildman–Crippen LogP) is 2.67. The smallest absolute Gasteiger partial charge is 0.323 e. The van der Waals surface area contributed by atoms with Gasteiger partial charge in [-0.05, 0) is 29.3 Å². The first-order valence-electron chi connectivity index (χ1n) is 8.95. The average Bonchev–Trinajstić information content (AvgIpc) is 3.11. The monoisotopic (exact) mass is 382 g/mol. The van der Waals surface area contributed by atoms with Crippen LogP contribution in [-0.4, -0.2) is 43.4 Å². The zero-order valence-corrected chi connectivity index (χ0v) is 15.9. The molecule has 0 spiro atoms. The zero-order valence-electron chi connectivity index (χ0n) is 15.9. The number of H-pyrrole nitrogens is 1. The van der Waals surface area contributed by atoms with Crippen molar-refractivity contribution in [2.75, 3.05) is 21.3 Å². The van der Waals surface area contributed by atoms with Crippen LogP contribution < -0.4 is 14.8 Å². The van der Waals surface area contributed by atoms with Gasteiger partial charge in [0.25, 0.3) is 0 Å². The van der Waals surface area contributed by atoms with E-state index < -0.39 is 6.04 Å². The SMILES string of the molecule is COC(=O)[C@@H]1Cc2c([nH]c3ccccc23)[C@@H](c2cc(OC)c(O)c(OC)c2)N1. The van der Waals surface area contributed by atoms with E-state index >= 15 is 0 Å². The van der Waals surface area contributed by atoms with E-state index in [0.717, 1.165) is 27.7 Å². The number of benzene rings is 2. The summed E-state index contributed by atoms with van der Waals surface area (Å²) < 4.78 is 15.6. The molecule has 0 saturated heterocycles. The van der Waals surface area contributed by atoms with Gasteiger partial charge in [-0.25, -0.2) is 0 Å². The summed E-state index contributed by atoms with van der Waals surface area (Å²) in [4.78, 5) is 15.8. The highest BCUT2D eigenvalue weighted by molar-refractivity contribution is 5.87. The lowest BCUT2D eigenvalue weighted by molar-refractivity contribution is -0.143. The van der Waals surface area contributed by atoms with Gasteiger partial charge in [-0.3, -0.25) is 10.1 Å². The topological polar surface area (TPSA) is 92.8 Å². The van der Waals surface area contributed by atoms with E-state index in [-0.39, 0.29) is 17.8 Å². The maximum atomic E-state index is 12.3. The van der Waals surface area contributed by atoms with E-state index in [1.807, 2.05) is 24.3 Å². The van der Waals surface area contributed by atoms with Gasteiger partial charge in [-0.1, -0.05) is 18.2 Å². The number of aromatic nitrogens is 1. The van der Waals surface area contributed by atoms with Crippen LogP contribution in [0.2, 0.25) is 0 Å². The molecule has 0 amide bonds. The number of carbonyl (C=O) groups excluding carboxylic acids is 1. The number of nitrogens with one attached hydrogen (secondary N) is 2. The number of carbonyl (C=O) groups is 1. The highest BCUT2D eigenvalue weighted by Gasteiger charge is 2.35. The molecular formula is C21H22N2O5. The summed E-state index contributed by atoms with van der Waals surface area (Å²) in [5.74, 6) is 0.215. The maximum absolute atomic E-state index is 12.3. The molecule has 2 atom stereocenters. The molecule has 0 aliphatic carbocycles. The number of hydrogen-bond donors (Lipinski definition) is 3. The second-order valence-electron chi connectivity index (χ2n) is 6.72. The molecule has 1 aromatic heterocycles. The number of rotatable bonds is 4. The van der Waals surface area contributed by atoms with Gasteiger partial charge in [0.1, 0.15) is 6.04 Å². The first-order valence-corrected chi connectivity index (χ1v) is 8.95. The first-order chi connectivity index (χ1) is 13.6. The molecule has 28 heavy (non-hydrogen) atoms. The molecule has 7 heteroatoms. The second-order valence-corrected chi connectivity index (χ2v) is 6.72. The zero-order chi connectivity index (χ0) is 19.8. The van der Waals surface area contributed by atoms with Crippen molar-refractivity contribution in [2.45, 2.75) is 18.5 Å². The molecule has 4 rings (SSSR count). The van der Waals surface area contributed by atoms with Gasteiger partial charge in [0.15, 0.2) is 11.5 Å². The summed E-state index contributed by atoms with van der Waals surface area (Å²) >= 11 is 0. The van der Waals surface area contributed by atoms with Gasteiger partial charge in [0.05, 0.1) is 27.4 Å². The first kappa shape index (κ1) is 18.2. The average molecular weight is 382 g/mol. The number of para-hydroxylation sites is 1. The summed E-state index contributed by atoms with van der Waals surface area (Å²) in [6, 6.07) is 10.7. The Morgan fingerprint density at radius 2 is 1.79 bits per heavy atom. The molecule has 3 aromatic rings. The third-order valence-electron chi connectivity index (χ3n) is 5.23. The van der Waals surface area contributed by atoms with Crippen molar-refractivity contribution in [1.82, 2.24) is 10.3 Å². The fourth-order valence-corrected chi connectivity index (χ4v) is 3.87. The van der Waals surface area contributed by atoms with E-state index in [4.69, 9.17) is 14.2 Å². The number of aromatic hydroxyl groups is 1. The minimum absolute atomic E-state index is 0.0639. The molecule has 146 valence electrons. The number of ether oxygens (including phenoxy) is 3. The lowest BCUT2D eigenvalue weighted by Crippen LogP contribution is -2.45. The Morgan fingerprint density at radius 1 is 1.11 bits per heavy atom. The Morgan fingerprint density at radius 3 is 2.43 bits per heavy atom. The number of phenolic OH excluding ortho intramolecular Hbond substituents is 1. The number of fused-ring (bicyclic) bond motifs is 3. The Bertz CT molecular complexity index is 1020. The molecular weight excluding hydrogens is 360 g/mol. The van der Waals surface area contributed by atoms with Crippen LogP contribution in [0.1, 0.15) is 22.9 Å². The van der Waals surface area contributed by atoms with Gasteiger partial charge in [0, 0.05) is 23.0 Å². The normalized spacial score (nSPS) is 18.5. The van der Waals surface area contributed by atoms with Gasteiger partial charge < -0.3 is 24.3 Å². The highest BCUT2D eigenvalue weighted by Crippen LogP contribution is 2.42. The molecule has 0 bridgehead atoms. The molecule has 1 aliphatic heterocycles. The van der Waals surface area contributed by atoms with Crippen molar-refractivity contribution < 1.29 is 24.1 Å². The van der Waals surface area contributed by atoms with Gasteiger partial charge in [0.2, 0.25) is 5.75 Å². The van der Waals surface area contributed by atoms with E-state index in [0.29, 0.717) is 17.9 Å². The molecule has 2 heterocycles. The summed E-state index contributed by atoms with van der Waals surface area (Å²) in [7, 11) is 4.35. The molecule has 0 saturated carbocycles. The molecule has 7 nitrogen and oxygen atoms in total. The number of aromatic amines is 1. The largest absolute Gasteiger partial charge is 0.502 e. The van der Waals surface area contributed by atoms with Crippen LogP contribution in [-0.2, 0) is 16.0 Å². The molecule has 3 N–H and O–H groups in total. The van der Waals surface area contributed by atoms with Crippen LogP contribution in [0.5, 0.6) is 17.2 Å². The highest BCUT2D eigenvalue weighted by atomic mass is 16.5. The second kappa shape index (κ2) is 7.09.